The standard InChI is InChI=1S/C13H16F3N3O2/c14-13(15,16)8-18-4-6-19(7-5-18)11-9(12(20)21)2-1-3-10(11)17/h1-3H,4-8,17H2,(H,20,21). The summed E-state index contributed by atoms with van der Waals surface area (Å²) in [6.07, 6.45) is -4.22. The van der Waals surface area contributed by atoms with Crippen molar-refractivity contribution in [2.75, 3.05) is 43.4 Å². The van der Waals surface area contributed by atoms with Gasteiger partial charge in [0.1, 0.15) is 0 Å². The average Bonchev–Trinajstić information content (AvgIpc) is 2.37. The number of para-hydroxylation sites is 1. The SMILES string of the molecule is Nc1cccc(C(=O)O)c1N1CCN(CC(F)(F)F)CC1. The molecule has 0 bridgehead atoms. The molecular formula is C13H16F3N3O2. The van der Waals surface area contributed by atoms with Crippen LogP contribution in [0.5, 0.6) is 0 Å². The summed E-state index contributed by atoms with van der Waals surface area (Å²) in [5, 5.41) is 9.18. The van der Waals surface area contributed by atoms with Gasteiger partial charge in [0.05, 0.1) is 23.5 Å². The molecule has 0 radical (unpaired) electrons. The van der Waals surface area contributed by atoms with Gasteiger partial charge in [0.25, 0.3) is 0 Å². The first-order chi connectivity index (χ1) is 9.78. The van der Waals surface area contributed by atoms with Crippen molar-refractivity contribution >= 4 is 17.3 Å². The minimum Gasteiger partial charge on any atom is -0.478 e. The molecule has 1 fully saturated rings. The summed E-state index contributed by atoms with van der Waals surface area (Å²) >= 11 is 0. The van der Waals surface area contributed by atoms with Gasteiger partial charge in [-0.25, -0.2) is 4.79 Å². The molecule has 116 valence electrons. The number of rotatable bonds is 3. The number of hydrogen-bond donors (Lipinski definition) is 2. The van der Waals surface area contributed by atoms with Crippen molar-refractivity contribution < 1.29 is 23.1 Å². The topological polar surface area (TPSA) is 69.8 Å². The fourth-order valence-electron chi connectivity index (χ4n) is 2.47. The Morgan fingerprint density at radius 3 is 2.38 bits per heavy atom. The molecule has 8 heteroatoms. The lowest BCUT2D eigenvalue weighted by Crippen LogP contribution is -2.49. The predicted octanol–water partition coefficient (Wildman–Crippen LogP) is 1.65. The van der Waals surface area contributed by atoms with Crippen molar-refractivity contribution in [2.45, 2.75) is 6.18 Å². The highest BCUT2D eigenvalue weighted by Crippen LogP contribution is 2.29. The first-order valence-corrected chi connectivity index (χ1v) is 6.44. The fourth-order valence-corrected chi connectivity index (χ4v) is 2.47. The number of aromatic carboxylic acids is 1. The van der Waals surface area contributed by atoms with Gasteiger partial charge in [0.2, 0.25) is 0 Å². The van der Waals surface area contributed by atoms with E-state index in [9.17, 15) is 23.1 Å². The van der Waals surface area contributed by atoms with Gasteiger partial charge in [0, 0.05) is 26.2 Å². The number of piperazine rings is 1. The van der Waals surface area contributed by atoms with Crippen LogP contribution in [0, 0.1) is 0 Å². The molecule has 1 heterocycles. The van der Waals surface area contributed by atoms with E-state index in [1.165, 1.54) is 11.0 Å². The maximum absolute atomic E-state index is 12.3. The van der Waals surface area contributed by atoms with Gasteiger partial charge in [-0.15, -0.1) is 0 Å². The lowest BCUT2D eigenvalue weighted by molar-refractivity contribution is -0.146. The largest absolute Gasteiger partial charge is 0.478 e. The number of carbonyl (C=O) groups is 1. The highest BCUT2D eigenvalue weighted by atomic mass is 19.4. The van der Waals surface area contributed by atoms with E-state index in [0.717, 1.165) is 0 Å². The van der Waals surface area contributed by atoms with Crippen LogP contribution in [0.2, 0.25) is 0 Å². The molecule has 1 aliphatic heterocycles. The van der Waals surface area contributed by atoms with Crippen LogP contribution >= 0.6 is 0 Å². The van der Waals surface area contributed by atoms with Crippen molar-refractivity contribution in [3.63, 3.8) is 0 Å². The summed E-state index contributed by atoms with van der Waals surface area (Å²) in [6.45, 7) is 0.103. The molecule has 0 atom stereocenters. The Bertz CT molecular complexity index is 526. The summed E-state index contributed by atoms with van der Waals surface area (Å²) in [7, 11) is 0. The molecule has 1 aromatic rings. The van der Waals surface area contributed by atoms with Gasteiger partial charge in [-0.3, -0.25) is 4.90 Å². The maximum Gasteiger partial charge on any atom is 0.401 e. The summed E-state index contributed by atoms with van der Waals surface area (Å²) in [4.78, 5) is 14.3. The van der Waals surface area contributed by atoms with Crippen molar-refractivity contribution in [2.24, 2.45) is 0 Å². The highest BCUT2D eigenvalue weighted by Gasteiger charge is 2.32. The second-order valence-electron chi connectivity index (χ2n) is 4.93. The number of anilines is 2. The van der Waals surface area contributed by atoms with Crippen LogP contribution in [-0.2, 0) is 0 Å². The van der Waals surface area contributed by atoms with E-state index >= 15 is 0 Å². The molecule has 0 saturated carbocycles. The highest BCUT2D eigenvalue weighted by molar-refractivity contribution is 5.98. The summed E-state index contributed by atoms with van der Waals surface area (Å²) in [6, 6.07) is 4.57. The van der Waals surface area contributed by atoms with Gasteiger partial charge >= 0.3 is 12.1 Å². The number of alkyl halides is 3. The molecule has 2 rings (SSSR count). The summed E-state index contributed by atoms with van der Waals surface area (Å²) in [5.74, 6) is -1.10. The number of carboxylic acids is 1. The van der Waals surface area contributed by atoms with Crippen LogP contribution in [0.4, 0.5) is 24.5 Å². The Hall–Kier alpha value is -1.96. The third-order valence-corrected chi connectivity index (χ3v) is 3.39. The zero-order valence-corrected chi connectivity index (χ0v) is 11.2. The molecule has 3 N–H and O–H groups in total. The fraction of sp³-hybridized carbons (Fsp3) is 0.462. The maximum atomic E-state index is 12.3. The van der Waals surface area contributed by atoms with Crippen LogP contribution in [-0.4, -0.2) is 54.9 Å². The van der Waals surface area contributed by atoms with E-state index in [-0.39, 0.29) is 18.7 Å². The Kier molecular flexibility index (Phi) is 4.26. The third kappa shape index (κ3) is 3.78. The van der Waals surface area contributed by atoms with E-state index in [4.69, 9.17) is 5.73 Å². The minimum absolute atomic E-state index is 0.0688. The van der Waals surface area contributed by atoms with Crippen molar-refractivity contribution in [3.8, 4) is 0 Å². The van der Waals surface area contributed by atoms with Gasteiger partial charge in [-0.1, -0.05) is 6.07 Å². The van der Waals surface area contributed by atoms with Gasteiger partial charge in [0.15, 0.2) is 0 Å². The van der Waals surface area contributed by atoms with E-state index in [0.29, 0.717) is 24.5 Å². The van der Waals surface area contributed by atoms with Crippen LogP contribution in [0.3, 0.4) is 0 Å². The summed E-state index contributed by atoms with van der Waals surface area (Å²) < 4.78 is 37.0. The lowest BCUT2D eigenvalue weighted by atomic mass is 10.1. The van der Waals surface area contributed by atoms with E-state index in [1.807, 2.05) is 0 Å². The van der Waals surface area contributed by atoms with Crippen molar-refractivity contribution in [1.82, 2.24) is 4.90 Å². The molecule has 0 spiro atoms. The quantitative estimate of drug-likeness (QED) is 0.831. The van der Waals surface area contributed by atoms with E-state index in [1.54, 1.807) is 17.0 Å². The Morgan fingerprint density at radius 1 is 1.24 bits per heavy atom. The number of nitrogens with zero attached hydrogens (tertiary/aromatic N) is 2. The summed E-state index contributed by atoms with van der Waals surface area (Å²) in [5.41, 5.74) is 6.60. The lowest BCUT2D eigenvalue weighted by Gasteiger charge is -2.37. The number of carboxylic acid groups (broad SMARTS) is 1. The molecule has 1 saturated heterocycles. The van der Waals surface area contributed by atoms with Crippen LogP contribution < -0.4 is 10.6 Å². The monoisotopic (exact) mass is 303 g/mol. The average molecular weight is 303 g/mol. The Balaban J connectivity index is 2.11. The number of nitrogens with two attached hydrogens (primary N) is 1. The zero-order valence-electron chi connectivity index (χ0n) is 11.2. The molecule has 0 unspecified atom stereocenters. The van der Waals surface area contributed by atoms with Gasteiger partial charge < -0.3 is 15.7 Å². The van der Waals surface area contributed by atoms with Crippen molar-refractivity contribution in [3.05, 3.63) is 23.8 Å². The van der Waals surface area contributed by atoms with Crippen LogP contribution in [0.1, 0.15) is 10.4 Å². The Morgan fingerprint density at radius 2 is 1.86 bits per heavy atom. The number of halogens is 3. The normalized spacial score (nSPS) is 17.0. The number of hydrogen-bond acceptors (Lipinski definition) is 4. The van der Waals surface area contributed by atoms with Crippen LogP contribution in [0.25, 0.3) is 0 Å². The van der Waals surface area contributed by atoms with Crippen molar-refractivity contribution in [1.29, 1.82) is 0 Å². The number of nitrogen functional groups attached to an aromatic ring is 1. The van der Waals surface area contributed by atoms with E-state index in [2.05, 4.69) is 0 Å². The first-order valence-electron chi connectivity index (χ1n) is 6.44. The van der Waals surface area contributed by atoms with Gasteiger partial charge in [-0.05, 0) is 12.1 Å². The smallest absolute Gasteiger partial charge is 0.401 e. The zero-order chi connectivity index (χ0) is 15.6. The van der Waals surface area contributed by atoms with E-state index < -0.39 is 18.7 Å². The molecule has 0 aliphatic carbocycles. The number of benzene rings is 1. The molecule has 21 heavy (non-hydrogen) atoms. The Labute approximate surface area is 119 Å². The molecule has 0 amide bonds. The van der Waals surface area contributed by atoms with Crippen LogP contribution in [0.15, 0.2) is 18.2 Å². The first kappa shape index (κ1) is 15.4. The second kappa shape index (κ2) is 5.80. The minimum atomic E-state index is -4.22. The second-order valence-corrected chi connectivity index (χ2v) is 4.93. The third-order valence-electron chi connectivity index (χ3n) is 3.39. The molecule has 1 aliphatic rings. The predicted molar refractivity (Wildman–Crippen MR) is 72.5 cm³/mol. The molecular weight excluding hydrogens is 287 g/mol. The molecule has 1 aromatic carbocycles. The molecule has 5 nitrogen and oxygen atoms in total. The molecule has 0 aromatic heterocycles. The van der Waals surface area contributed by atoms with Gasteiger partial charge in [-0.2, -0.15) is 13.2 Å².